The molecule has 2 heterocycles. The van der Waals surface area contributed by atoms with Crippen LogP contribution in [0.2, 0.25) is 0 Å². The molecule has 0 atom stereocenters. The number of aryl methyl sites for hydroxylation is 3. The summed E-state index contributed by atoms with van der Waals surface area (Å²) in [4.78, 5) is 3.22. The highest BCUT2D eigenvalue weighted by molar-refractivity contribution is 7.71. The van der Waals surface area contributed by atoms with Crippen LogP contribution in [0.4, 0.5) is 0 Å². The number of imidazole rings is 1. The monoisotopic (exact) mass is 288 g/mol. The van der Waals surface area contributed by atoms with Crippen LogP contribution in [0.15, 0.2) is 30.5 Å². The van der Waals surface area contributed by atoms with E-state index in [4.69, 9.17) is 17.0 Å². The molecule has 6 heteroatoms. The molecule has 0 bridgehead atoms. The number of methoxy groups -OCH3 is 1. The van der Waals surface area contributed by atoms with E-state index in [9.17, 15) is 0 Å². The van der Waals surface area contributed by atoms with Gasteiger partial charge in [0.1, 0.15) is 5.75 Å². The minimum Gasteiger partial charge on any atom is -0.497 e. The fourth-order valence-electron chi connectivity index (χ4n) is 2.30. The number of aromatic nitrogens is 4. The molecule has 0 spiro atoms. The second kappa shape index (κ2) is 5.13. The van der Waals surface area contributed by atoms with E-state index in [0.29, 0.717) is 0 Å². The van der Waals surface area contributed by atoms with Gasteiger partial charge in [-0.25, -0.2) is 0 Å². The molecule has 2 aromatic heterocycles. The van der Waals surface area contributed by atoms with Gasteiger partial charge in [0.25, 0.3) is 0 Å². The van der Waals surface area contributed by atoms with Crippen molar-refractivity contribution < 1.29 is 4.74 Å². The van der Waals surface area contributed by atoms with Crippen LogP contribution in [0.5, 0.6) is 5.75 Å². The van der Waals surface area contributed by atoms with Crippen LogP contribution >= 0.6 is 12.2 Å². The molecule has 1 aromatic carbocycles. The summed E-state index contributed by atoms with van der Waals surface area (Å²) in [6, 6.07) is 7.94. The lowest BCUT2D eigenvalue weighted by Gasteiger charge is -2.04. The Kier molecular flexibility index (Phi) is 3.31. The highest BCUT2D eigenvalue weighted by atomic mass is 32.1. The van der Waals surface area contributed by atoms with Gasteiger partial charge in [-0.05, 0) is 30.4 Å². The summed E-state index contributed by atoms with van der Waals surface area (Å²) in [5.74, 6) is 0.832. The van der Waals surface area contributed by atoms with E-state index in [0.717, 1.165) is 40.2 Å². The number of benzene rings is 1. The first-order valence-corrected chi connectivity index (χ1v) is 6.83. The van der Waals surface area contributed by atoms with E-state index in [-0.39, 0.29) is 0 Å². The Morgan fingerprint density at radius 1 is 1.35 bits per heavy atom. The number of nitrogens with one attached hydrogen (secondary N) is 1. The largest absolute Gasteiger partial charge is 0.497 e. The summed E-state index contributed by atoms with van der Waals surface area (Å²) in [7, 11) is 3.59. The summed E-state index contributed by atoms with van der Waals surface area (Å²) < 4.78 is 9.90. The molecule has 0 aliphatic carbocycles. The molecule has 0 aliphatic rings. The van der Waals surface area contributed by atoms with Crippen molar-refractivity contribution in [1.29, 1.82) is 0 Å². The molecule has 3 rings (SSSR count). The minimum atomic E-state index is 0.726. The van der Waals surface area contributed by atoms with Crippen molar-refractivity contribution in [1.82, 2.24) is 19.3 Å². The second-order valence-corrected chi connectivity index (χ2v) is 5.08. The van der Waals surface area contributed by atoms with E-state index in [1.807, 2.05) is 42.2 Å². The van der Waals surface area contributed by atoms with Gasteiger partial charge in [-0.15, -0.1) is 0 Å². The van der Waals surface area contributed by atoms with E-state index in [1.165, 1.54) is 0 Å². The predicted octanol–water partition coefficient (Wildman–Crippen LogP) is 2.68. The third-order valence-corrected chi connectivity index (χ3v) is 3.67. The van der Waals surface area contributed by atoms with Gasteiger partial charge < -0.3 is 14.3 Å². The predicted molar refractivity (Wildman–Crippen MR) is 80.6 cm³/mol. The molecule has 0 saturated heterocycles. The van der Waals surface area contributed by atoms with Crippen LogP contribution < -0.4 is 4.74 Å². The van der Waals surface area contributed by atoms with Gasteiger partial charge >= 0.3 is 0 Å². The van der Waals surface area contributed by atoms with Crippen molar-refractivity contribution in [2.45, 2.75) is 13.0 Å². The maximum atomic E-state index is 5.39. The van der Waals surface area contributed by atoms with E-state index >= 15 is 0 Å². The number of hydrogen-bond donors (Lipinski definition) is 1. The third kappa shape index (κ3) is 2.34. The van der Waals surface area contributed by atoms with Gasteiger partial charge in [-0.3, -0.25) is 4.68 Å². The SMILES string of the molecule is COc1ccc2[nH]c(=S)n(CCc3ccn(C)n3)c2c1. The number of H-pyrrole nitrogens is 1. The maximum absolute atomic E-state index is 5.39. The Morgan fingerprint density at radius 3 is 2.90 bits per heavy atom. The second-order valence-electron chi connectivity index (χ2n) is 4.70. The molecule has 0 amide bonds. The number of aromatic amines is 1. The fraction of sp³-hybridized carbons (Fsp3) is 0.286. The summed E-state index contributed by atoms with van der Waals surface area (Å²) >= 11 is 5.39. The maximum Gasteiger partial charge on any atom is 0.178 e. The summed E-state index contributed by atoms with van der Waals surface area (Å²) in [6.07, 6.45) is 2.80. The molecule has 20 heavy (non-hydrogen) atoms. The normalized spacial score (nSPS) is 11.1. The van der Waals surface area contributed by atoms with Crippen molar-refractivity contribution in [3.8, 4) is 5.75 Å². The Bertz CT molecular complexity index is 799. The molecule has 3 aromatic rings. The first kappa shape index (κ1) is 12.9. The number of ether oxygens (including phenoxy) is 1. The van der Waals surface area contributed by atoms with Gasteiger partial charge in [0.2, 0.25) is 0 Å². The van der Waals surface area contributed by atoms with Crippen molar-refractivity contribution in [3.63, 3.8) is 0 Å². The van der Waals surface area contributed by atoms with E-state index in [1.54, 1.807) is 7.11 Å². The van der Waals surface area contributed by atoms with Crippen molar-refractivity contribution in [3.05, 3.63) is 40.9 Å². The summed E-state index contributed by atoms with van der Waals surface area (Å²) in [6.45, 7) is 0.795. The number of rotatable bonds is 4. The van der Waals surface area contributed by atoms with Crippen LogP contribution in [-0.4, -0.2) is 26.4 Å². The Hall–Kier alpha value is -2.08. The summed E-state index contributed by atoms with van der Waals surface area (Å²) in [5.41, 5.74) is 3.15. The number of nitrogens with zero attached hydrogens (tertiary/aromatic N) is 3. The molecule has 0 radical (unpaired) electrons. The van der Waals surface area contributed by atoms with Crippen molar-refractivity contribution >= 4 is 23.3 Å². The van der Waals surface area contributed by atoms with E-state index in [2.05, 4.69) is 14.6 Å². The molecule has 5 nitrogen and oxygen atoms in total. The lowest BCUT2D eigenvalue weighted by atomic mass is 10.2. The molecule has 0 unspecified atom stereocenters. The van der Waals surface area contributed by atoms with Crippen LogP contribution in [-0.2, 0) is 20.0 Å². The van der Waals surface area contributed by atoms with Crippen LogP contribution in [0.1, 0.15) is 5.69 Å². The van der Waals surface area contributed by atoms with Gasteiger partial charge in [-0.1, -0.05) is 0 Å². The standard InChI is InChI=1S/C14H16N4OS/c1-17-7-5-10(16-17)6-8-18-13-9-11(19-2)3-4-12(13)15-14(18)20/h3-5,7,9H,6,8H2,1-2H3,(H,15,20). The van der Waals surface area contributed by atoms with Crippen LogP contribution in [0, 0.1) is 4.77 Å². The van der Waals surface area contributed by atoms with E-state index < -0.39 is 0 Å². The van der Waals surface area contributed by atoms with Crippen LogP contribution in [0.3, 0.4) is 0 Å². The first-order valence-electron chi connectivity index (χ1n) is 6.42. The van der Waals surface area contributed by atoms with Gasteiger partial charge in [-0.2, -0.15) is 5.10 Å². The van der Waals surface area contributed by atoms with Crippen molar-refractivity contribution in [2.75, 3.05) is 7.11 Å². The Morgan fingerprint density at radius 2 is 2.20 bits per heavy atom. The highest BCUT2D eigenvalue weighted by Crippen LogP contribution is 2.21. The smallest absolute Gasteiger partial charge is 0.178 e. The third-order valence-electron chi connectivity index (χ3n) is 3.34. The lowest BCUT2D eigenvalue weighted by molar-refractivity contribution is 0.415. The molecule has 0 fully saturated rings. The lowest BCUT2D eigenvalue weighted by Crippen LogP contribution is -2.02. The molecular formula is C14H16N4OS. The topological polar surface area (TPSA) is 47.8 Å². The number of hydrogen-bond acceptors (Lipinski definition) is 3. The van der Waals surface area contributed by atoms with Crippen molar-refractivity contribution in [2.24, 2.45) is 7.05 Å². The molecule has 1 N–H and O–H groups in total. The zero-order chi connectivity index (χ0) is 14.1. The van der Waals surface area contributed by atoms with Gasteiger partial charge in [0.05, 0.1) is 23.8 Å². The molecular weight excluding hydrogens is 272 g/mol. The zero-order valence-corrected chi connectivity index (χ0v) is 12.3. The number of fused-ring (bicyclic) bond motifs is 1. The fourth-order valence-corrected chi connectivity index (χ4v) is 2.60. The zero-order valence-electron chi connectivity index (χ0n) is 11.5. The van der Waals surface area contributed by atoms with Crippen LogP contribution in [0.25, 0.3) is 11.0 Å². The Balaban J connectivity index is 1.93. The van der Waals surface area contributed by atoms with Gasteiger partial charge in [0, 0.05) is 32.3 Å². The quantitative estimate of drug-likeness (QED) is 0.751. The molecule has 0 aliphatic heterocycles. The van der Waals surface area contributed by atoms with Gasteiger partial charge in [0.15, 0.2) is 4.77 Å². The molecule has 104 valence electrons. The average Bonchev–Trinajstić information content (AvgIpc) is 2.98. The first-order chi connectivity index (χ1) is 9.67. The molecule has 0 saturated carbocycles. The summed E-state index contributed by atoms with van der Waals surface area (Å²) in [5, 5.41) is 4.39. The average molecular weight is 288 g/mol. The Labute approximate surface area is 121 Å². The highest BCUT2D eigenvalue weighted by Gasteiger charge is 2.07. The minimum absolute atomic E-state index is 0.726.